The van der Waals surface area contributed by atoms with E-state index in [0.717, 1.165) is 0 Å². The summed E-state index contributed by atoms with van der Waals surface area (Å²) in [7, 11) is 0. The first-order valence-corrected chi connectivity index (χ1v) is 5.11. The van der Waals surface area contributed by atoms with Crippen molar-refractivity contribution in [1.82, 2.24) is 0 Å². The number of ether oxygens (including phenoxy) is 1. The van der Waals surface area contributed by atoms with Crippen molar-refractivity contribution in [3.8, 4) is 0 Å². The standard InChI is InChI=1S/C10H12O10/c1-4(11)10(9(18)19,3-7(14)15)20-5(8(16)17)2-6(12)13/h5H,2-3H2,1H3,(H,12,13)(H,14,15)(H,16,17)(H,18,19). The summed E-state index contributed by atoms with van der Waals surface area (Å²) >= 11 is 0. The first kappa shape index (κ1) is 17.5. The molecule has 0 aliphatic rings. The van der Waals surface area contributed by atoms with Gasteiger partial charge < -0.3 is 25.2 Å². The van der Waals surface area contributed by atoms with Crippen LogP contribution in [0.1, 0.15) is 19.8 Å². The third-order valence-corrected chi connectivity index (χ3v) is 2.29. The SMILES string of the molecule is CC(=O)C(CC(=O)O)(OC(CC(=O)O)C(=O)O)C(=O)O. The highest BCUT2D eigenvalue weighted by Gasteiger charge is 2.50. The van der Waals surface area contributed by atoms with Crippen molar-refractivity contribution in [2.45, 2.75) is 31.5 Å². The molecular formula is C10H12O10. The maximum Gasteiger partial charge on any atom is 0.344 e. The molecule has 0 bridgehead atoms. The van der Waals surface area contributed by atoms with Crippen LogP contribution in [-0.4, -0.2) is 61.8 Å². The Balaban J connectivity index is 5.56. The van der Waals surface area contributed by atoms with Gasteiger partial charge in [-0.05, 0) is 6.92 Å². The highest BCUT2D eigenvalue weighted by atomic mass is 16.6. The zero-order chi connectivity index (χ0) is 16.1. The lowest BCUT2D eigenvalue weighted by Gasteiger charge is -2.28. The lowest BCUT2D eigenvalue weighted by molar-refractivity contribution is -0.192. The minimum atomic E-state index is -2.95. The summed E-state index contributed by atoms with van der Waals surface area (Å²) in [5.74, 6) is -8.43. The van der Waals surface area contributed by atoms with Gasteiger partial charge >= 0.3 is 23.9 Å². The second-order valence-corrected chi connectivity index (χ2v) is 3.80. The number of carboxylic acids is 4. The molecule has 0 rings (SSSR count). The van der Waals surface area contributed by atoms with Crippen LogP contribution in [0.25, 0.3) is 0 Å². The van der Waals surface area contributed by atoms with Crippen molar-refractivity contribution < 1.29 is 49.1 Å². The molecule has 0 aliphatic carbocycles. The van der Waals surface area contributed by atoms with E-state index < -0.39 is 54.2 Å². The quantitative estimate of drug-likeness (QED) is 0.378. The van der Waals surface area contributed by atoms with Gasteiger partial charge in [-0.15, -0.1) is 0 Å². The van der Waals surface area contributed by atoms with E-state index in [0.29, 0.717) is 6.92 Å². The summed E-state index contributed by atoms with van der Waals surface area (Å²) in [5, 5.41) is 34.8. The number of aliphatic carboxylic acids is 4. The fourth-order valence-electron chi connectivity index (χ4n) is 1.32. The fourth-order valence-corrected chi connectivity index (χ4v) is 1.32. The third kappa shape index (κ3) is 4.31. The second-order valence-electron chi connectivity index (χ2n) is 3.80. The summed E-state index contributed by atoms with van der Waals surface area (Å²) in [6, 6.07) is 0. The van der Waals surface area contributed by atoms with Crippen LogP contribution < -0.4 is 0 Å². The molecule has 20 heavy (non-hydrogen) atoms. The number of hydrogen-bond donors (Lipinski definition) is 4. The zero-order valence-electron chi connectivity index (χ0n) is 10.2. The number of rotatable bonds is 9. The molecule has 0 aromatic rings. The number of Topliss-reactive ketones (excluding diaryl/α,β-unsaturated/α-hetero) is 1. The monoisotopic (exact) mass is 292 g/mol. The molecule has 0 radical (unpaired) electrons. The molecule has 10 heteroatoms. The summed E-state index contributed by atoms with van der Waals surface area (Å²) < 4.78 is 4.53. The van der Waals surface area contributed by atoms with Crippen LogP contribution in [0.4, 0.5) is 0 Å². The molecule has 0 spiro atoms. The Morgan fingerprint density at radius 3 is 1.75 bits per heavy atom. The van der Waals surface area contributed by atoms with Gasteiger partial charge in [-0.25, -0.2) is 9.59 Å². The molecule has 0 saturated carbocycles. The minimum absolute atomic E-state index is 0.705. The van der Waals surface area contributed by atoms with E-state index in [9.17, 15) is 24.0 Å². The molecule has 0 aliphatic heterocycles. The Bertz CT molecular complexity index is 437. The molecule has 0 fully saturated rings. The number of carboxylic acid groups (broad SMARTS) is 4. The highest BCUT2D eigenvalue weighted by molar-refractivity contribution is 6.08. The average molecular weight is 292 g/mol. The van der Waals surface area contributed by atoms with Gasteiger partial charge in [0, 0.05) is 0 Å². The van der Waals surface area contributed by atoms with E-state index >= 15 is 0 Å². The summed E-state index contributed by atoms with van der Waals surface area (Å²) in [6.07, 6.45) is -4.63. The molecule has 0 heterocycles. The van der Waals surface area contributed by atoms with Crippen LogP contribution in [0.5, 0.6) is 0 Å². The van der Waals surface area contributed by atoms with Crippen LogP contribution in [0.3, 0.4) is 0 Å². The molecule has 0 aromatic carbocycles. The first-order chi connectivity index (χ1) is 9.02. The Hall–Kier alpha value is -2.49. The molecule has 10 nitrogen and oxygen atoms in total. The molecule has 112 valence electrons. The third-order valence-electron chi connectivity index (χ3n) is 2.29. The van der Waals surface area contributed by atoms with Gasteiger partial charge in [-0.3, -0.25) is 14.4 Å². The Labute approximate surface area is 111 Å². The summed E-state index contributed by atoms with van der Waals surface area (Å²) in [6.45, 7) is 0.705. The van der Waals surface area contributed by atoms with Crippen molar-refractivity contribution in [3.63, 3.8) is 0 Å². The van der Waals surface area contributed by atoms with Gasteiger partial charge in [0.15, 0.2) is 11.9 Å². The highest BCUT2D eigenvalue weighted by Crippen LogP contribution is 2.22. The van der Waals surface area contributed by atoms with E-state index in [-0.39, 0.29) is 0 Å². The van der Waals surface area contributed by atoms with E-state index in [4.69, 9.17) is 20.4 Å². The van der Waals surface area contributed by atoms with Crippen LogP contribution in [0.2, 0.25) is 0 Å². The normalized spacial score (nSPS) is 14.8. The van der Waals surface area contributed by atoms with Gasteiger partial charge in [0.2, 0.25) is 5.60 Å². The number of carbonyl (C=O) groups excluding carboxylic acids is 1. The molecule has 2 unspecified atom stereocenters. The van der Waals surface area contributed by atoms with E-state index in [1.165, 1.54) is 0 Å². The van der Waals surface area contributed by atoms with E-state index in [2.05, 4.69) is 4.74 Å². The maximum atomic E-state index is 11.4. The molecule has 4 N–H and O–H groups in total. The lowest BCUT2D eigenvalue weighted by atomic mass is 9.94. The Morgan fingerprint density at radius 2 is 1.50 bits per heavy atom. The summed E-state index contributed by atoms with van der Waals surface area (Å²) in [5.41, 5.74) is -2.95. The predicted molar refractivity (Wildman–Crippen MR) is 58.1 cm³/mol. The topological polar surface area (TPSA) is 176 Å². The molecular weight excluding hydrogens is 280 g/mol. The second kappa shape index (κ2) is 6.61. The fraction of sp³-hybridized carbons (Fsp3) is 0.500. The Morgan fingerprint density at radius 1 is 1.00 bits per heavy atom. The van der Waals surface area contributed by atoms with Gasteiger partial charge in [0.25, 0.3) is 0 Å². The maximum absolute atomic E-state index is 11.4. The van der Waals surface area contributed by atoms with E-state index in [1.807, 2.05) is 0 Å². The van der Waals surface area contributed by atoms with Crippen LogP contribution in [0.15, 0.2) is 0 Å². The average Bonchev–Trinajstić information content (AvgIpc) is 2.24. The van der Waals surface area contributed by atoms with Crippen molar-refractivity contribution in [2.75, 3.05) is 0 Å². The minimum Gasteiger partial charge on any atom is -0.481 e. The van der Waals surface area contributed by atoms with Gasteiger partial charge in [0.1, 0.15) is 0 Å². The summed E-state index contributed by atoms with van der Waals surface area (Å²) in [4.78, 5) is 54.4. The van der Waals surface area contributed by atoms with Crippen LogP contribution >= 0.6 is 0 Å². The zero-order valence-corrected chi connectivity index (χ0v) is 10.2. The molecule has 0 saturated heterocycles. The smallest absolute Gasteiger partial charge is 0.344 e. The van der Waals surface area contributed by atoms with Crippen molar-refractivity contribution in [2.24, 2.45) is 0 Å². The molecule has 2 atom stereocenters. The lowest BCUT2D eigenvalue weighted by Crippen LogP contribution is -2.53. The van der Waals surface area contributed by atoms with Gasteiger partial charge in [0.05, 0.1) is 12.8 Å². The van der Waals surface area contributed by atoms with E-state index in [1.54, 1.807) is 0 Å². The van der Waals surface area contributed by atoms with Gasteiger partial charge in [-0.1, -0.05) is 0 Å². The molecule has 0 aromatic heterocycles. The largest absolute Gasteiger partial charge is 0.481 e. The number of carbonyl (C=O) groups is 5. The number of hydrogen-bond acceptors (Lipinski definition) is 6. The van der Waals surface area contributed by atoms with Crippen molar-refractivity contribution in [1.29, 1.82) is 0 Å². The van der Waals surface area contributed by atoms with Crippen LogP contribution in [0, 0.1) is 0 Å². The Kier molecular flexibility index (Phi) is 5.79. The number of ketones is 1. The predicted octanol–water partition coefficient (Wildman–Crippen LogP) is -1.18. The van der Waals surface area contributed by atoms with Gasteiger partial charge in [-0.2, -0.15) is 0 Å². The first-order valence-electron chi connectivity index (χ1n) is 5.11. The van der Waals surface area contributed by atoms with Crippen LogP contribution in [-0.2, 0) is 28.7 Å². The molecule has 0 amide bonds. The van der Waals surface area contributed by atoms with Crippen molar-refractivity contribution >= 4 is 29.7 Å². The van der Waals surface area contributed by atoms with Crippen molar-refractivity contribution in [3.05, 3.63) is 0 Å².